The number of nitrogens with one attached hydrogen (secondary N) is 1. The van der Waals surface area contributed by atoms with Gasteiger partial charge in [-0.25, -0.2) is 4.98 Å². The first kappa shape index (κ1) is 13.7. The minimum absolute atomic E-state index is 0.980. The number of fused-ring (bicyclic) bond motifs is 1. The summed E-state index contributed by atoms with van der Waals surface area (Å²) >= 11 is 0. The molecule has 0 aliphatic heterocycles. The normalized spacial score (nSPS) is 8.67. The molecule has 84 valence electrons. The highest BCUT2D eigenvalue weighted by Crippen LogP contribution is 2.12. The monoisotopic (exact) mass is 206 g/mol. The molecule has 0 unspecified atom stereocenters. The van der Waals surface area contributed by atoms with Crippen LogP contribution in [-0.4, -0.2) is 9.97 Å². The molecular formula is C13H22N2. The second-order valence-corrected chi connectivity index (χ2v) is 2.90. The molecule has 2 heteroatoms. The predicted molar refractivity (Wildman–Crippen MR) is 68.3 cm³/mol. The minimum atomic E-state index is 0.980. The molecule has 0 spiro atoms. The molecule has 2 aromatic rings. The third kappa shape index (κ3) is 3.74. The minimum Gasteiger partial charge on any atom is -0.344 e. The lowest BCUT2D eigenvalue weighted by atomic mass is 10.2. The topological polar surface area (TPSA) is 28.7 Å². The lowest BCUT2D eigenvalue weighted by molar-refractivity contribution is 1.24. The van der Waals surface area contributed by atoms with Crippen LogP contribution in [0.25, 0.3) is 11.0 Å². The van der Waals surface area contributed by atoms with E-state index in [2.05, 4.69) is 29.0 Å². The number of aromatic amines is 1. The molecule has 2 aromatic heterocycles. The fraction of sp³-hybridized carbons (Fsp3) is 0.462. The van der Waals surface area contributed by atoms with Crippen LogP contribution in [0.15, 0.2) is 18.3 Å². The van der Waals surface area contributed by atoms with Crippen LogP contribution in [0.2, 0.25) is 0 Å². The Labute approximate surface area is 92.7 Å². The molecule has 0 atom stereocenters. The number of hydrogen-bond acceptors (Lipinski definition) is 1. The van der Waals surface area contributed by atoms with E-state index >= 15 is 0 Å². The van der Waals surface area contributed by atoms with Crippen LogP contribution < -0.4 is 0 Å². The summed E-state index contributed by atoms with van der Waals surface area (Å²) in [4.78, 5) is 7.42. The van der Waals surface area contributed by atoms with E-state index in [0.29, 0.717) is 0 Å². The third-order valence-electron chi connectivity index (χ3n) is 1.74. The number of pyridine rings is 1. The molecule has 0 radical (unpaired) electrons. The van der Waals surface area contributed by atoms with Gasteiger partial charge in [-0.05, 0) is 31.5 Å². The van der Waals surface area contributed by atoms with Gasteiger partial charge in [0.15, 0.2) is 0 Å². The van der Waals surface area contributed by atoms with Gasteiger partial charge in [0, 0.05) is 17.3 Å². The number of aromatic nitrogens is 2. The highest BCUT2D eigenvalue weighted by molar-refractivity contribution is 5.76. The molecule has 15 heavy (non-hydrogen) atoms. The van der Waals surface area contributed by atoms with Gasteiger partial charge in [-0.15, -0.1) is 0 Å². The van der Waals surface area contributed by atoms with Crippen molar-refractivity contribution in [2.45, 2.75) is 41.5 Å². The van der Waals surface area contributed by atoms with Crippen LogP contribution in [-0.2, 0) is 0 Å². The van der Waals surface area contributed by atoms with E-state index in [0.717, 1.165) is 11.3 Å². The molecule has 0 saturated carbocycles. The van der Waals surface area contributed by atoms with Gasteiger partial charge < -0.3 is 4.98 Å². The van der Waals surface area contributed by atoms with Crippen molar-refractivity contribution < 1.29 is 0 Å². The van der Waals surface area contributed by atoms with E-state index in [1.54, 1.807) is 0 Å². The molecule has 0 bridgehead atoms. The van der Waals surface area contributed by atoms with Gasteiger partial charge in [0.2, 0.25) is 0 Å². The Kier molecular flexibility index (Phi) is 6.43. The maximum absolute atomic E-state index is 4.25. The van der Waals surface area contributed by atoms with Gasteiger partial charge >= 0.3 is 0 Å². The summed E-state index contributed by atoms with van der Waals surface area (Å²) in [5, 5.41) is 1.20. The van der Waals surface area contributed by atoms with Gasteiger partial charge in [0.25, 0.3) is 0 Å². The lowest BCUT2D eigenvalue weighted by Gasteiger charge is -1.89. The SMILES string of the molecule is CC.CC.Cc1cnc2[nH]c(C)cc2c1. The molecule has 2 rings (SSSR count). The maximum Gasteiger partial charge on any atom is 0.137 e. The van der Waals surface area contributed by atoms with Crippen LogP contribution >= 0.6 is 0 Å². The molecule has 1 N–H and O–H groups in total. The number of hydrogen-bond donors (Lipinski definition) is 1. The van der Waals surface area contributed by atoms with Gasteiger partial charge in [-0.2, -0.15) is 0 Å². The predicted octanol–water partition coefficient (Wildman–Crippen LogP) is 4.23. The average molecular weight is 206 g/mol. The largest absolute Gasteiger partial charge is 0.344 e. The van der Waals surface area contributed by atoms with Gasteiger partial charge in [0.1, 0.15) is 5.65 Å². The van der Waals surface area contributed by atoms with Crippen LogP contribution in [0.1, 0.15) is 39.0 Å². The zero-order valence-corrected chi connectivity index (χ0v) is 10.7. The molecule has 0 amide bonds. The van der Waals surface area contributed by atoms with Crippen molar-refractivity contribution in [1.29, 1.82) is 0 Å². The van der Waals surface area contributed by atoms with E-state index in [-0.39, 0.29) is 0 Å². The summed E-state index contributed by atoms with van der Waals surface area (Å²) in [6, 6.07) is 4.24. The van der Waals surface area contributed by atoms with E-state index < -0.39 is 0 Å². The van der Waals surface area contributed by atoms with Gasteiger partial charge in [-0.1, -0.05) is 27.7 Å². The fourth-order valence-corrected chi connectivity index (χ4v) is 1.26. The second-order valence-electron chi connectivity index (χ2n) is 2.90. The molecule has 2 nitrogen and oxygen atoms in total. The average Bonchev–Trinajstić information content (AvgIpc) is 2.63. The van der Waals surface area contributed by atoms with Crippen molar-refractivity contribution in [2.24, 2.45) is 0 Å². The second kappa shape index (κ2) is 7.04. The summed E-state index contributed by atoms with van der Waals surface area (Å²) in [5.74, 6) is 0. The van der Waals surface area contributed by atoms with Gasteiger partial charge in [-0.3, -0.25) is 0 Å². The number of H-pyrrole nitrogens is 1. The Balaban J connectivity index is 0.000000442. The van der Waals surface area contributed by atoms with Crippen molar-refractivity contribution in [3.05, 3.63) is 29.6 Å². The van der Waals surface area contributed by atoms with E-state index in [1.165, 1.54) is 10.9 Å². The standard InChI is InChI=1S/C9H10N2.2C2H6/c1-6-3-8-4-7(2)11-9(8)10-5-6;2*1-2/h3-5H,1-2H3,(H,10,11);2*1-2H3. The number of aryl methyl sites for hydroxylation is 2. The Morgan fingerprint density at radius 2 is 1.60 bits per heavy atom. The van der Waals surface area contributed by atoms with Gasteiger partial charge in [0.05, 0.1) is 0 Å². The Bertz CT molecular complexity index is 388. The Morgan fingerprint density at radius 1 is 1.00 bits per heavy atom. The fourth-order valence-electron chi connectivity index (χ4n) is 1.26. The molecule has 0 aliphatic rings. The molecule has 0 aliphatic carbocycles. The summed E-state index contributed by atoms with van der Waals surface area (Å²) in [6.45, 7) is 12.1. The molecule has 0 fully saturated rings. The van der Waals surface area contributed by atoms with Crippen LogP contribution in [0.5, 0.6) is 0 Å². The van der Waals surface area contributed by atoms with Crippen LogP contribution in [0.3, 0.4) is 0 Å². The van der Waals surface area contributed by atoms with Crippen molar-refractivity contribution in [3.63, 3.8) is 0 Å². The highest BCUT2D eigenvalue weighted by Gasteiger charge is 1.96. The van der Waals surface area contributed by atoms with Crippen molar-refractivity contribution in [1.82, 2.24) is 9.97 Å². The van der Waals surface area contributed by atoms with Crippen molar-refractivity contribution in [2.75, 3.05) is 0 Å². The smallest absolute Gasteiger partial charge is 0.137 e. The quantitative estimate of drug-likeness (QED) is 0.686. The zero-order chi connectivity index (χ0) is 11.8. The Morgan fingerprint density at radius 3 is 2.20 bits per heavy atom. The first-order valence-corrected chi connectivity index (χ1v) is 5.68. The van der Waals surface area contributed by atoms with Crippen LogP contribution in [0.4, 0.5) is 0 Å². The number of rotatable bonds is 0. The Hall–Kier alpha value is -1.31. The first-order chi connectivity index (χ1) is 7.25. The summed E-state index contributed by atoms with van der Waals surface area (Å²) < 4.78 is 0. The molecule has 2 heterocycles. The maximum atomic E-state index is 4.25. The third-order valence-corrected chi connectivity index (χ3v) is 1.74. The summed E-state index contributed by atoms with van der Waals surface area (Å²) in [7, 11) is 0. The molecular weight excluding hydrogens is 184 g/mol. The number of nitrogens with zero attached hydrogens (tertiary/aromatic N) is 1. The first-order valence-electron chi connectivity index (χ1n) is 5.68. The van der Waals surface area contributed by atoms with Crippen molar-refractivity contribution >= 4 is 11.0 Å². The molecule has 0 saturated heterocycles. The molecule has 0 aromatic carbocycles. The summed E-state index contributed by atoms with van der Waals surface area (Å²) in [5.41, 5.74) is 3.35. The van der Waals surface area contributed by atoms with E-state index in [9.17, 15) is 0 Å². The summed E-state index contributed by atoms with van der Waals surface area (Å²) in [6.07, 6.45) is 1.87. The van der Waals surface area contributed by atoms with E-state index in [1.807, 2.05) is 40.8 Å². The van der Waals surface area contributed by atoms with Crippen molar-refractivity contribution in [3.8, 4) is 0 Å². The zero-order valence-electron chi connectivity index (χ0n) is 10.7. The van der Waals surface area contributed by atoms with Crippen LogP contribution in [0, 0.1) is 13.8 Å². The lowest BCUT2D eigenvalue weighted by Crippen LogP contribution is -1.77. The van der Waals surface area contributed by atoms with E-state index in [4.69, 9.17) is 0 Å². The highest BCUT2D eigenvalue weighted by atomic mass is 14.8.